The van der Waals surface area contributed by atoms with Gasteiger partial charge in [0, 0.05) is 23.0 Å². The van der Waals surface area contributed by atoms with Gasteiger partial charge in [0.15, 0.2) is 11.6 Å². The Hall–Kier alpha value is -3.33. The summed E-state index contributed by atoms with van der Waals surface area (Å²) in [5.74, 6) is 6.50. The third-order valence-corrected chi connectivity index (χ3v) is 5.66. The zero-order chi connectivity index (χ0) is 23.4. The van der Waals surface area contributed by atoms with Crippen molar-refractivity contribution in [3.8, 4) is 17.6 Å². The van der Waals surface area contributed by atoms with Crippen LogP contribution in [0.25, 0.3) is 10.9 Å². The van der Waals surface area contributed by atoms with Crippen LogP contribution in [0.3, 0.4) is 0 Å². The van der Waals surface area contributed by atoms with Crippen LogP contribution >= 0.6 is 0 Å². The van der Waals surface area contributed by atoms with Crippen molar-refractivity contribution >= 4 is 22.4 Å². The minimum absolute atomic E-state index is 0.0250. The fraction of sp³-hybridized carbons (Fsp3) is 0.333. The molecule has 6 heteroatoms. The van der Waals surface area contributed by atoms with Crippen LogP contribution in [-0.4, -0.2) is 22.7 Å². The minimum atomic E-state index is -2.80. The summed E-state index contributed by atoms with van der Waals surface area (Å²) >= 11 is 0. The Kier molecular flexibility index (Phi) is 3.55. The van der Waals surface area contributed by atoms with Crippen molar-refractivity contribution < 1.29 is 13.2 Å². The van der Waals surface area contributed by atoms with Crippen LogP contribution in [0.2, 0.25) is 0 Å². The number of aryl methyl sites for hydroxylation is 1. The molecule has 2 aromatic carbocycles. The number of halogens is 1. The molecule has 5 nitrogen and oxygen atoms in total. The molecule has 0 N–H and O–H groups in total. The van der Waals surface area contributed by atoms with Gasteiger partial charge in [0.05, 0.1) is 28.8 Å². The van der Waals surface area contributed by atoms with Gasteiger partial charge in [0.25, 0.3) is 0 Å². The Balaban J connectivity index is 1.74. The number of aromatic nitrogens is 2. The van der Waals surface area contributed by atoms with Crippen LogP contribution in [0.15, 0.2) is 41.2 Å². The van der Waals surface area contributed by atoms with E-state index in [1.54, 1.807) is 4.90 Å². The first-order chi connectivity index (χ1) is 15.7. The van der Waals surface area contributed by atoms with E-state index in [1.165, 1.54) is 18.2 Å². The Labute approximate surface area is 178 Å². The molecule has 3 aromatic rings. The molecule has 2 heterocycles. The molecule has 0 unspecified atom stereocenters. The maximum absolute atomic E-state index is 15.1. The highest BCUT2D eigenvalue weighted by molar-refractivity contribution is 5.93. The Bertz CT molecular complexity index is 1380. The lowest BCUT2D eigenvalue weighted by molar-refractivity contribution is 0.322. The molecule has 1 aromatic heterocycles. The first kappa shape index (κ1) is 15.5. The highest BCUT2D eigenvalue weighted by Gasteiger charge is 2.35. The summed E-state index contributed by atoms with van der Waals surface area (Å²) in [7, 11) is 0. The topological polar surface area (TPSA) is 47.4 Å². The Morgan fingerprint density at radius 1 is 1.27 bits per heavy atom. The van der Waals surface area contributed by atoms with E-state index in [1.807, 2.05) is 18.2 Å². The second kappa shape index (κ2) is 6.88. The first-order valence-electron chi connectivity index (χ1n) is 11.5. The number of benzene rings is 2. The van der Waals surface area contributed by atoms with Crippen molar-refractivity contribution in [1.29, 1.82) is 0 Å². The van der Waals surface area contributed by atoms with Crippen LogP contribution < -0.4 is 15.3 Å². The van der Waals surface area contributed by atoms with Crippen molar-refractivity contribution in [2.24, 2.45) is 12.4 Å². The molecule has 0 bridgehead atoms. The molecule has 5 rings (SSSR count). The molecule has 0 radical (unpaired) electrons. The second-order valence-electron chi connectivity index (χ2n) is 8.01. The monoisotopic (exact) mass is 406 g/mol. The van der Waals surface area contributed by atoms with Crippen LogP contribution in [-0.2, 0) is 6.98 Å². The van der Waals surface area contributed by atoms with Crippen molar-refractivity contribution in [3.63, 3.8) is 0 Å². The summed E-state index contributed by atoms with van der Waals surface area (Å²) < 4.78 is 44.9. The SMILES string of the molecule is [2H]C([2H])([2H])n1c(=O)nc(N2CCCOc3c(C#CC4(C)CC4)cccc32)c2c(F)cccc21. The molecule has 1 saturated carbocycles. The number of para-hydroxylation sites is 1. The van der Waals surface area contributed by atoms with Crippen molar-refractivity contribution in [2.75, 3.05) is 18.1 Å². The molecule has 0 spiro atoms. The van der Waals surface area contributed by atoms with Gasteiger partial charge >= 0.3 is 5.69 Å². The van der Waals surface area contributed by atoms with Gasteiger partial charge in [0.1, 0.15) is 5.82 Å². The second-order valence-corrected chi connectivity index (χ2v) is 8.01. The number of anilines is 2. The molecule has 0 atom stereocenters. The molecule has 0 saturated heterocycles. The summed E-state index contributed by atoms with van der Waals surface area (Å²) in [4.78, 5) is 18.6. The fourth-order valence-electron chi connectivity index (χ4n) is 3.67. The summed E-state index contributed by atoms with van der Waals surface area (Å²) in [6, 6.07) is 9.56. The van der Waals surface area contributed by atoms with Crippen LogP contribution in [0.5, 0.6) is 5.75 Å². The van der Waals surface area contributed by atoms with Gasteiger partial charge < -0.3 is 9.64 Å². The van der Waals surface area contributed by atoms with Gasteiger partial charge in [-0.25, -0.2) is 9.18 Å². The lowest BCUT2D eigenvalue weighted by atomic mass is 10.1. The summed E-state index contributed by atoms with van der Waals surface area (Å²) in [5.41, 5.74) is 0.367. The Morgan fingerprint density at radius 2 is 2.10 bits per heavy atom. The third kappa shape index (κ3) is 3.11. The van der Waals surface area contributed by atoms with Gasteiger partial charge in [-0.2, -0.15) is 4.98 Å². The molecule has 2 aliphatic rings. The number of hydrogen-bond donors (Lipinski definition) is 0. The van der Waals surface area contributed by atoms with Crippen molar-refractivity contribution in [1.82, 2.24) is 9.55 Å². The zero-order valence-corrected chi connectivity index (χ0v) is 16.5. The molecule has 1 aliphatic heterocycles. The van der Waals surface area contributed by atoms with E-state index in [-0.39, 0.29) is 22.1 Å². The molecule has 30 heavy (non-hydrogen) atoms. The van der Waals surface area contributed by atoms with E-state index < -0.39 is 18.5 Å². The predicted octanol–water partition coefficient (Wildman–Crippen LogP) is 4.14. The normalized spacial score (nSPS) is 18.7. The summed E-state index contributed by atoms with van der Waals surface area (Å²) in [6.45, 7) is 0.158. The number of nitrogens with zero attached hydrogens (tertiary/aromatic N) is 3. The van der Waals surface area contributed by atoms with Crippen LogP contribution in [0.1, 0.15) is 35.9 Å². The van der Waals surface area contributed by atoms with E-state index in [9.17, 15) is 4.79 Å². The van der Waals surface area contributed by atoms with E-state index in [0.29, 0.717) is 41.1 Å². The van der Waals surface area contributed by atoms with Gasteiger partial charge in [-0.3, -0.25) is 4.57 Å². The van der Waals surface area contributed by atoms with E-state index in [2.05, 4.69) is 23.7 Å². The highest BCUT2D eigenvalue weighted by atomic mass is 19.1. The third-order valence-electron chi connectivity index (χ3n) is 5.66. The molecule has 1 aliphatic carbocycles. The van der Waals surface area contributed by atoms with Gasteiger partial charge in [-0.15, -0.1) is 0 Å². The van der Waals surface area contributed by atoms with E-state index in [0.717, 1.165) is 12.8 Å². The van der Waals surface area contributed by atoms with E-state index >= 15 is 4.39 Å². The van der Waals surface area contributed by atoms with Gasteiger partial charge in [-0.05, 0) is 50.5 Å². The van der Waals surface area contributed by atoms with E-state index in [4.69, 9.17) is 8.85 Å². The van der Waals surface area contributed by atoms with Gasteiger partial charge in [-0.1, -0.05) is 24.0 Å². The minimum Gasteiger partial charge on any atom is -0.490 e. The molecular formula is C24H22FN3O2. The van der Waals surface area contributed by atoms with Crippen LogP contribution in [0, 0.1) is 23.1 Å². The average molecular weight is 406 g/mol. The highest BCUT2D eigenvalue weighted by Crippen LogP contribution is 2.45. The predicted molar refractivity (Wildman–Crippen MR) is 115 cm³/mol. The summed E-state index contributed by atoms with van der Waals surface area (Å²) in [6.07, 6.45) is 2.73. The number of ether oxygens (including phenoxy) is 1. The maximum Gasteiger partial charge on any atom is 0.349 e. The maximum atomic E-state index is 15.1. The quantitative estimate of drug-likeness (QED) is 0.570. The van der Waals surface area contributed by atoms with Crippen LogP contribution in [0.4, 0.5) is 15.9 Å². The average Bonchev–Trinajstić information content (AvgIpc) is 3.52. The zero-order valence-electron chi connectivity index (χ0n) is 19.5. The first-order valence-corrected chi connectivity index (χ1v) is 9.96. The van der Waals surface area contributed by atoms with Crippen molar-refractivity contribution in [3.05, 3.63) is 58.3 Å². The number of rotatable bonds is 1. The molecule has 152 valence electrons. The largest absolute Gasteiger partial charge is 0.490 e. The smallest absolute Gasteiger partial charge is 0.349 e. The van der Waals surface area contributed by atoms with Gasteiger partial charge in [0.2, 0.25) is 0 Å². The lowest BCUT2D eigenvalue weighted by Gasteiger charge is -2.25. The fourth-order valence-corrected chi connectivity index (χ4v) is 3.67. The lowest BCUT2D eigenvalue weighted by Crippen LogP contribution is -2.27. The molecular weight excluding hydrogens is 381 g/mol. The standard InChI is InChI=1S/C24H22FN3O2/c1-24(12-13-24)11-10-16-6-3-9-19-21(16)30-15-5-14-28(19)22-20-17(25)7-4-8-18(20)27(2)23(29)26-22/h3-4,6-9H,5,12-15H2,1-2H3/i2D3. The molecule has 1 fully saturated rings. The Morgan fingerprint density at radius 3 is 2.90 bits per heavy atom. The summed E-state index contributed by atoms with van der Waals surface area (Å²) in [5, 5.41) is -0.0250. The number of hydrogen-bond acceptors (Lipinski definition) is 4. The number of fused-ring (bicyclic) bond motifs is 2. The van der Waals surface area contributed by atoms with Crippen molar-refractivity contribution in [2.45, 2.75) is 26.2 Å². The molecule has 0 amide bonds.